The second-order valence-corrected chi connectivity index (χ2v) is 4.93. The van der Waals surface area contributed by atoms with Crippen molar-refractivity contribution < 1.29 is 13.9 Å². The molecular formula is C16H14ClFO2. The minimum Gasteiger partial charge on any atom is -0.496 e. The molecule has 0 saturated carbocycles. The third-order valence-corrected chi connectivity index (χ3v) is 3.61. The molecule has 104 valence electrons. The molecule has 2 nitrogen and oxygen atoms in total. The van der Waals surface area contributed by atoms with Crippen LogP contribution in [0.4, 0.5) is 4.39 Å². The topological polar surface area (TPSA) is 26.3 Å². The lowest BCUT2D eigenvalue weighted by atomic mass is 9.97. The molecule has 20 heavy (non-hydrogen) atoms. The van der Waals surface area contributed by atoms with Crippen LogP contribution < -0.4 is 4.74 Å². The van der Waals surface area contributed by atoms with Crippen molar-refractivity contribution in [3.63, 3.8) is 0 Å². The van der Waals surface area contributed by atoms with E-state index in [1.807, 2.05) is 19.9 Å². The van der Waals surface area contributed by atoms with E-state index >= 15 is 0 Å². The van der Waals surface area contributed by atoms with Crippen molar-refractivity contribution in [1.29, 1.82) is 0 Å². The van der Waals surface area contributed by atoms with Crippen molar-refractivity contribution >= 4 is 17.4 Å². The Hall–Kier alpha value is -1.87. The summed E-state index contributed by atoms with van der Waals surface area (Å²) in [6.07, 6.45) is 0. The Morgan fingerprint density at radius 2 is 1.85 bits per heavy atom. The number of ketones is 1. The molecule has 0 aromatic heterocycles. The largest absolute Gasteiger partial charge is 0.496 e. The van der Waals surface area contributed by atoms with Crippen LogP contribution in [0.3, 0.4) is 0 Å². The van der Waals surface area contributed by atoms with E-state index in [1.54, 1.807) is 12.1 Å². The van der Waals surface area contributed by atoms with Crippen LogP contribution in [0.5, 0.6) is 5.75 Å². The zero-order chi connectivity index (χ0) is 14.9. The van der Waals surface area contributed by atoms with Crippen molar-refractivity contribution in [3.8, 4) is 5.75 Å². The molecule has 0 N–H and O–H groups in total. The summed E-state index contributed by atoms with van der Waals surface area (Å²) in [7, 11) is 1.49. The van der Waals surface area contributed by atoms with Gasteiger partial charge in [0.25, 0.3) is 0 Å². The van der Waals surface area contributed by atoms with Crippen molar-refractivity contribution in [2.24, 2.45) is 0 Å². The number of aryl methyl sites for hydroxylation is 1. The Labute approximate surface area is 122 Å². The minimum absolute atomic E-state index is 0.0564. The van der Waals surface area contributed by atoms with Crippen LogP contribution >= 0.6 is 11.6 Å². The van der Waals surface area contributed by atoms with Gasteiger partial charge >= 0.3 is 0 Å². The smallest absolute Gasteiger partial charge is 0.199 e. The number of methoxy groups -OCH3 is 1. The van der Waals surface area contributed by atoms with Gasteiger partial charge in [-0.15, -0.1) is 0 Å². The van der Waals surface area contributed by atoms with Gasteiger partial charge in [0.15, 0.2) is 11.6 Å². The van der Waals surface area contributed by atoms with Gasteiger partial charge in [-0.2, -0.15) is 0 Å². The fraction of sp³-hybridized carbons (Fsp3) is 0.188. The molecule has 0 aliphatic heterocycles. The van der Waals surface area contributed by atoms with Gasteiger partial charge in [0, 0.05) is 0 Å². The van der Waals surface area contributed by atoms with E-state index in [0.29, 0.717) is 11.3 Å². The first kappa shape index (κ1) is 14.5. The molecule has 0 unspecified atom stereocenters. The van der Waals surface area contributed by atoms with Crippen LogP contribution in [-0.2, 0) is 0 Å². The number of halogens is 2. The summed E-state index contributed by atoms with van der Waals surface area (Å²) in [4.78, 5) is 12.5. The molecule has 2 rings (SSSR count). The molecule has 0 spiro atoms. The lowest BCUT2D eigenvalue weighted by Gasteiger charge is -2.13. The molecule has 2 aromatic carbocycles. The second-order valence-electron chi connectivity index (χ2n) is 4.52. The van der Waals surface area contributed by atoms with Gasteiger partial charge in [-0.1, -0.05) is 23.7 Å². The third kappa shape index (κ3) is 2.41. The summed E-state index contributed by atoms with van der Waals surface area (Å²) in [6.45, 7) is 3.78. The maximum absolute atomic E-state index is 14.0. The summed E-state index contributed by atoms with van der Waals surface area (Å²) in [6, 6.07) is 7.83. The first-order valence-electron chi connectivity index (χ1n) is 6.10. The van der Waals surface area contributed by atoms with E-state index in [-0.39, 0.29) is 10.6 Å². The lowest BCUT2D eigenvalue weighted by molar-refractivity contribution is 0.103. The van der Waals surface area contributed by atoms with Gasteiger partial charge in [0.1, 0.15) is 5.75 Å². The van der Waals surface area contributed by atoms with Crippen LogP contribution in [0, 0.1) is 19.7 Å². The first-order valence-corrected chi connectivity index (χ1v) is 6.48. The van der Waals surface area contributed by atoms with Crippen molar-refractivity contribution in [2.75, 3.05) is 7.11 Å². The molecule has 0 aliphatic rings. The molecular weight excluding hydrogens is 279 g/mol. The summed E-state index contributed by atoms with van der Waals surface area (Å²) in [5.41, 5.74) is 2.14. The highest BCUT2D eigenvalue weighted by Crippen LogP contribution is 2.29. The fourth-order valence-electron chi connectivity index (χ4n) is 2.06. The number of hydrogen-bond donors (Lipinski definition) is 0. The molecule has 0 radical (unpaired) electrons. The van der Waals surface area contributed by atoms with E-state index in [0.717, 1.165) is 11.1 Å². The van der Waals surface area contributed by atoms with Crippen LogP contribution in [-0.4, -0.2) is 12.9 Å². The summed E-state index contributed by atoms with van der Waals surface area (Å²) >= 11 is 5.72. The molecule has 0 saturated heterocycles. The molecule has 0 bridgehead atoms. The fourth-order valence-corrected chi connectivity index (χ4v) is 2.23. The van der Waals surface area contributed by atoms with Gasteiger partial charge in [0.2, 0.25) is 0 Å². The maximum atomic E-state index is 14.0. The zero-order valence-corrected chi connectivity index (χ0v) is 12.2. The Kier molecular flexibility index (Phi) is 4.09. The SMILES string of the molecule is COc1c(C(=O)c2cccc(Cl)c2F)ccc(C)c1C. The molecule has 0 heterocycles. The zero-order valence-electron chi connectivity index (χ0n) is 11.5. The molecule has 0 fully saturated rings. The molecule has 2 aromatic rings. The van der Waals surface area contributed by atoms with E-state index in [1.165, 1.54) is 19.2 Å². The maximum Gasteiger partial charge on any atom is 0.199 e. The van der Waals surface area contributed by atoms with Crippen LogP contribution in [0.1, 0.15) is 27.0 Å². The van der Waals surface area contributed by atoms with Crippen LogP contribution in [0.15, 0.2) is 30.3 Å². The molecule has 0 aliphatic carbocycles. The summed E-state index contributed by atoms with van der Waals surface area (Å²) in [5, 5.41) is -0.0707. The van der Waals surface area contributed by atoms with Crippen LogP contribution in [0.2, 0.25) is 5.02 Å². The third-order valence-electron chi connectivity index (χ3n) is 3.32. The van der Waals surface area contributed by atoms with Gasteiger partial charge in [-0.05, 0) is 43.2 Å². The quantitative estimate of drug-likeness (QED) is 0.787. The van der Waals surface area contributed by atoms with Gasteiger partial charge < -0.3 is 4.74 Å². The lowest BCUT2D eigenvalue weighted by Crippen LogP contribution is -2.08. The van der Waals surface area contributed by atoms with Gasteiger partial charge in [0.05, 0.1) is 23.3 Å². The Bertz CT molecular complexity index is 680. The molecule has 4 heteroatoms. The van der Waals surface area contributed by atoms with E-state index in [9.17, 15) is 9.18 Å². The number of hydrogen-bond acceptors (Lipinski definition) is 2. The van der Waals surface area contributed by atoms with Crippen molar-refractivity contribution in [1.82, 2.24) is 0 Å². The standard InChI is InChI=1S/C16H14ClFO2/c1-9-7-8-12(16(20-3)10(9)2)15(19)11-5-4-6-13(17)14(11)18/h4-8H,1-3H3. The summed E-state index contributed by atoms with van der Waals surface area (Å²) < 4.78 is 19.3. The number of carbonyl (C=O) groups excluding carboxylic acids is 1. The first-order chi connectivity index (χ1) is 9.47. The number of benzene rings is 2. The number of ether oxygens (including phenoxy) is 1. The normalized spacial score (nSPS) is 10.4. The average molecular weight is 293 g/mol. The van der Waals surface area contributed by atoms with Crippen molar-refractivity contribution in [2.45, 2.75) is 13.8 Å². The Morgan fingerprint density at radius 3 is 2.50 bits per heavy atom. The second kappa shape index (κ2) is 5.63. The highest BCUT2D eigenvalue weighted by Gasteiger charge is 2.21. The predicted molar refractivity (Wildman–Crippen MR) is 77.3 cm³/mol. The highest BCUT2D eigenvalue weighted by atomic mass is 35.5. The Morgan fingerprint density at radius 1 is 1.15 bits per heavy atom. The van der Waals surface area contributed by atoms with Crippen molar-refractivity contribution in [3.05, 3.63) is 63.4 Å². The molecule has 0 atom stereocenters. The Balaban J connectivity index is 2.60. The van der Waals surface area contributed by atoms with Gasteiger partial charge in [-0.25, -0.2) is 4.39 Å². The van der Waals surface area contributed by atoms with Crippen LogP contribution in [0.25, 0.3) is 0 Å². The summed E-state index contributed by atoms with van der Waals surface area (Å²) in [5.74, 6) is -0.682. The van der Waals surface area contributed by atoms with E-state index < -0.39 is 11.6 Å². The van der Waals surface area contributed by atoms with E-state index in [4.69, 9.17) is 16.3 Å². The highest BCUT2D eigenvalue weighted by molar-refractivity contribution is 6.31. The van der Waals surface area contributed by atoms with E-state index in [2.05, 4.69) is 0 Å². The van der Waals surface area contributed by atoms with Gasteiger partial charge in [-0.3, -0.25) is 4.79 Å². The predicted octanol–water partition coefficient (Wildman–Crippen LogP) is 4.34. The number of rotatable bonds is 3. The number of carbonyl (C=O) groups is 1. The average Bonchev–Trinajstić information content (AvgIpc) is 2.44. The minimum atomic E-state index is -0.709. The monoisotopic (exact) mass is 292 g/mol. The molecule has 0 amide bonds.